The smallest absolute Gasteiger partial charge is 0.192 e. The molecule has 1 atom stereocenters. The largest absolute Gasteiger partial charge is 0.409 e. The Hall–Kier alpha value is -1.89. The van der Waals surface area contributed by atoms with Gasteiger partial charge < -0.3 is 20.6 Å². The molecule has 1 saturated heterocycles. The maximum atomic E-state index is 8.77. The van der Waals surface area contributed by atoms with Gasteiger partial charge in [0.2, 0.25) is 0 Å². The van der Waals surface area contributed by atoms with Crippen LogP contribution in [0.4, 0.5) is 5.82 Å². The second-order valence-electron chi connectivity index (χ2n) is 4.68. The van der Waals surface area contributed by atoms with Crippen LogP contribution < -0.4 is 10.6 Å². The van der Waals surface area contributed by atoms with Gasteiger partial charge in [0, 0.05) is 32.6 Å². The number of hydrogen-bond acceptors (Lipinski definition) is 6. The van der Waals surface area contributed by atoms with Crippen molar-refractivity contribution in [3.05, 3.63) is 18.1 Å². The van der Waals surface area contributed by atoms with E-state index in [0.29, 0.717) is 17.4 Å². The van der Waals surface area contributed by atoms with Crippen LogP contribution >= 0.6 is 0 Å². The van der Waals surface area contributed by atoms with Crippen LogP contribution in [0.25, 0.3) is 0 Å². The van der Waals surface area contributed by atoms with Crippen LogP contribution in [0, 0.1) is 5.92 Å². The standard InChI is InChI=1S/C12H19N5O2/c1-17(7-9-3-2-6-19-8-9)12-10(11(13)16-18)14-4-5-15-12/h4-5,9,18H,2-3,6-8H2,1H3,(H2,13,16). The molecule has 1 unspecified atom stereocenters. The maximum absolute atomic E-state index is 8.77. The molecule has 2 heterocycles. The minimum absolute atomic E-state index is 0.0326. The lowest BCUT2D eigenvalue weighted by Gasteiger charge is -2.28. The van der Waals surface area contributed by atoms with E-state index in [4.69, 9.17) is 15.7 Å². The molecule has 0 bridgehead atoms. The third-order valence-corrected chi connectivity index (χ3v) is 3.18. The first-order chi connectivity index (χ1) is 9.22. The third-order valence-electron chi connectivity index (χ3n) is 3.18. The number of rotatable bonds is 4. The van der Waals surface area contributed by atoms with Crippen molar-refractivity contribution in [1.82, 2.24) is 9.97 Å². The van der Waals surface area contributed by atoms with Crippen LogP contribution in [0.1, 0.15) is 18.5 Å². The predicted octanol–water partition coefficient (Wildman–Crippen LogP) is 0.434. The molecule has 1 aliphatic rings. The van der Waals surface area contributed by atoms with E-state index in [9.17, 15) is 0 Å². The van der Waals surface area contributed by atoms with Crippen LogP contribution in [-0.4, -0.2) is 47.8 Å². The van der Waals surface area contributed by atoms with Crippen LogP contribution in [0.15, 0.2) is 17.5 Å². The van der Waals surface area contributed by atoms with Crippen molar-refractivity contribution in [2.45, 2.75) is 12.8 Å². The summed E-state index contributed by atoms with van der Waals surface area (Å²) < 4.78 is 5.47. The lowest BCUT2D eigenvalue weighted by molar-refractivity contribution is 0.0576. The van der Waals surface area contributed by atoms with Crippen molar-refractivity contribution in [3.8, 4) is 0 Å². The second-order valence-corrected chi connectivity index (χ2v) is 4.68. The Morgan fingerprint density at radius 3 is 3.05 bits per heavy atom. The zero-order chi connectivity index (χ0) is 13.7. The molecule has 1 aliphatic heterocycles. The molecule has 1 fully saturated rings. The molecule has 0 radical (unpaired) electrons. The van der Waals surface area contributed by atoms with Crippen LogP contribution in [-0.2, 0) is 4.74 Å². The number of nitrogens with two attached hydrogens (primary N) is 1. The molecule has 0 saturated carbocycles. The molecule has 3 N–H and O–H groups in total. The summed E-state index contributed by atoms with van der Waals surface area (Å²) in [5.74, 6) is 1.05. The molecule has 19 heavy (non-hydrogen) atoms. The zero-order valence-electron chi connectivity index (χ0n) is 11.0. The van der Waals surface area contributed by atoms with Crippen molar-refractivity contribution in [1.29, 1.82) is 0 Å². The van der Waals surface area contributed by atoms with Gasteiger partial charge in [-0.3, -0.25) is 0 Å². The Bertz CT molecular complexity index is 446. The molecule has 1 aromatic heterocycles. The van der Waals surface area contributed by atoms with Crippen molar-refractivity contribution in [2.75, 3.05) is 31.7 Å². The van der Waals surface area contributed by atoms with E-state index in [2.05, 4.69) is 15.1 Å². The number of nitrogens with zero attached hydrogens (tertiary/aromatic N) is 4. The maximum Gasteiger partial charge on any atom is 0.192 e. The van der Waals surface area contributed by atoms with Crippen molar-refractivity contribution < 1.29 is 9.94 Å². The normalized spacial score (nSPS) is 20.3. The van der Waals surface area contributed by atoms with E-state index in [1.165, 1.54) is 6.20 Å². The lowest BCUT2D eigenvalue weighted by atomic mass is 10.0. The van der Waals surface area contributed by atoms with E-state index < -0.39 is 0 Å². The van der Waals surface area contributed by atoms with Crippen molar-refractivity contribution in [2.24, 2.45) is 16.8 Å². The zero-order valence-corrected chi connectivity index (χ0v) is 11.0. The quantitative estimate of drug-likeness (QED) is 0.355. The fourth-order valence-corrected chi connectivity index (χ4v) is 2.26. The highest BCUT2D eigenvalue weighted by Crippen LogP contribution is 2.19. The molecule has 2 rings (SSSR count). The average Bonchev–Trinajstić information content (AvgIpc) is 2.47. The van der Waals surface area contributed by atoms with E-state index in [1.807, 2.05) is 11.9 Å². The summed E-state index contributed by atoms with van der Waals surface area (Å²) in [7, 11) is 1.92. The molecule has 7 nitrogen and oxygen atoms in total. The number of amidine groups is 1. The lowest BCUT2D eigenvalue weighted by Crippen LogP contribution is -2.33. The molecule has 0 amide bonds. The molecule has 0 aliphatic carbocycles. The van der Waals surface area contributed by atoms with Crippen LogP contribution in [0.5, 0.6) is 0 Å². The molecule has 0 aromatic carbocycles. The first-order valence-corrected chi connectivity index (χ1v) is 6.30. The summed E-state index contributed by atoms with van der Waals surface area (Å²) in [5, 5.41) is 11.8. The van der Waals surface area contributed by atoms with E-state index in [0.717, 1.165) is 32.6 Å². The minimum atomic E-state index is -0.0326. The van der Waals surface area contributed by atoms with Gasteiger partial charge in [-0.2, -0.15) is 0 Å². The van der Waals surface area contributed by atoms with Gasteiger partial charge in [-0.05, 0) is 18.8 Å². The van der Waals surface area contributed by atoms with Gasteiger partial charge in [-0.15, -0.1) is 0 Å². The van der Waals surface area contributed by atoms with Gasteiger partial charge in [0.25, 0.3) is 0 Å². The van der Waals surface area contributed by atoms with Gasteiger partial charge in [0.1, 0.15) is 0 Å². The summed E-state index contributed by atoms with van der Waals surface area (Å²) in [6.07, 6.45) is 5.35. The third kappa shape index (κ3) is 3.31. The summed E-state index contributed by atoms with van der Waals surface area (Å²) in [6, 6.07) is 0. The first kappa shape index (κ1) is 13.5. The van der Waals surface area contributed by atoms with E-state index in [1.54, 1.807) is 6.20 Å². The van der Waals surface area contributed by atoms with Crippen LogP contribution in [0.3, 0.4) is 0 Å². The van der Waals surface area contributed by atoms with Gasteiger partial charge in [-0.1, -0.05) is 5.16 Å². The number of hydrogen-bond donors (Lipinski definition) is 2. The number of ether oxygens (including phenoxy) is 1. The molecular weight excluding hydrogens is 246 g/mol. The number of anilines is 1. The van der Waals surface area contributed by atoms with Gasteiger partial charge in [-0.25, -0.2) is 9.97 Å². The summed E-state index contributed by atoms with van der Waals surface area (Å²) in [4.78, 5) is 10.3. The SMILES string of the molecule is CN(CC1CCCOC1)c1nccnc1C(N)=NO. The van der Waals surface area contributed by atoms with Crippen molar-refractivity contribution >= 4 is 11.7 Å². The highest BCUT2D eigenvalue weighted by molar-refractivity contribution is 5.99. The first-order valence-electron chi connectivity index (χ1n) is 6.30. The number of oxime groups is 1. The van der Waals surface area contributed by atoms with Crippen LogP contribution in [0.2, 0.25) is 0 Å². The topological polar surface area (TPSA) is 96.9 Å². The van der Waals surface area contributed by atoms with Gasteiger partial charge in [0.05, 0.1) is 6.61 Å². The Balaban J connectivity index is 2.11. The molecule has 0 spiro atoms. The summed E-state index contributed by atoms with van der Waals surface area (Å²) >= 11 is 0. The Labute approximate surface area is 112 Å². The molecular formula is C12H19N5O2. The highest BCUT2D eigenvalue weighted by Gasteiger charge is 2.19. The Kier molecular flexibility index (Phi) is 4.51. The summed E-state index contributed by atoms with van der Waals surface area (Å²) in [6.45, 7) is 2.43. The second kappa shape index (κ2) is 6.33. The summed E-state index contributed by atoms with van der Waals surface area (Å²) in [5.41, 5.74) is 6.00. The minimum Gasteiger partial charge on any atom is -0.409 e. The van der Waals surface area contributed by atoms with Gasteiger partial charge >= 0.3 is 0 Å². The fourth-order valence-electron chi connectivity index (χ4n) is 2.26. The molecule has 7 heteroatoms. The monoisotopic (exact) mass is 265 g/mol. The molecule has 1 aromatic rings. The van der Waals surface area contributed by atoms with E-state index >= 15 is 0 Å². The Morgan fingerprint density at radius 1 is 1.58 bits per heavy atom. The molecule has 104 valence electrons. The Morgan fingerprint density at radius 2 is 2.37 bits per heavy atom. The predicted molar refractivity (Wildman–Crippen MR) is 71.4 cm³/mol. The van der Waals surface area contributed by atoms with E-state index in [-0.39, 0.29) is 5.84 Å². The fraction of sp³-hybridized carbons (Fsp3) is 0.583. The number of aromatic nitrogens is 2. The highest BCUT2D eigenvalue weighted by atomic mass is 16.5. The van der Waals surface area contributed by atoms with Crippen molar-refractivity contribution in [3.63, 3.8) is 0 Å². The average molecular weight is 265 g/mol. The van der Waals surface area contributed by atoms with Gasteiger partial charge in [0.15, 0.2) is 17.3 Å².